The van der Waals surface area contributed by atoms with E-state index in [-0.39, 0.29) is 23.3 Å². The second kappa shape index (κ2) is 8.94. The van der Waals surface area contributed by atoms with Gasteiger partial charge in [-0.3, -0.25) is 9.59 Å². The van der Waals surface area contributed by atoms with E-state index < -0.39 is 12.0 Å². The Balaban J connectivity index is 1.42. The summed E-state index contributed by atoms with van der Waals surface area (Å²) in [5, 5.41) is 2.73. The molecule has 0 spiro atoms. The molecule has 0 unspecified atom stereocenters. The van der Waals surface area contributed by atoms with Gasteiger partial charge in [0, 0.05) is 18.7 Å². The maximum Gasteiger partial charge on any atom is 0.330 e. The number of esters is 1. The topological polar surface area (TPSA) is 94.2 Å². The van der Waals surface area contributed by atoms with Crippen molar-refractivity contribution in [3.63, 3.8) is 0 Å². The number of nitrogens with zero attached hydrogens (tertiary/aromatic N) is 1. The van der Waals surface area contributed by atoms with Crippen molar-refractivity contribution in [1.29, 1.82) is 0 Å². The Morgan fingerprint density at radius 3 is 2.76 bits per heavy atom. The molecule has 2 heterocycles. The van der Waals surface area contributed by atoms with Gasteiger partial charge in [-0.1, -0.05) is 6.07 Å². The third-order valence-electron chi connectivity index (χ3n) is 5.25. The lowest BCUT2D eigenvalue weighted by atomic mass is 10.1. The number of carbonyl (C=O) groups excluding carboxylic acids is 3. The molecule has 2 saturated heterocycles. The van der Waals surface area contributed by atoms with Crippen molar-refractivity contribution in [3.05, 3.63) is 23.8 Å². The van der Waals surface area contributed by atoms with E-state index in [0.717, 1.165) is 12.0 Å². The molecule has 3 rings (SSSR count). The monoisotopic (exact) mass is 422 g/mol. The molecule has 1 N–H and O–H groups in total. The fraction of sp³-hybridized carbons (Fsp3) is 0.550. The highest BCUT2D eigenvalue weighted by Gasteiger charge is 2.53. The van der Waals surface area contributed by atoms with Crippen LogP contribution in [0.1, 0.15) is 25.3 Å². The highest BCUT2D eigenvalue weighted by molar-refractivity contribution is 8.01. The molecule has 2 aliphatic heterocycles. The quantitative estimate of drug-likeness (QED) is 0.632. The summed E-state index contributed by atoms with van der Waals surface area (Å²) in [7, 11) is 3.14. The van der Waals surface area contributed by atoms with Gasteiger partial charge in [0.2, 0.25) is 5.91 Å². The van der Waals surface area contributed by atoms with Gasteiger partial charge in [0.1, 0.15) is 6.04 Å². The Labute approximate surface area is 174 Å². The molecule has 8 nitrogen and oxygen atoms in total. The van der Waals surface area contributed by atoms with Crippen molar-refractivity contribution in [2.75, 3.05) is 33.1 Å². The Morgan fingerprint density at radius 2 is 2.03 bits per heavy atom. The summed E-state index contributed by atoms with van der Waals surface area (Å²) < 4.78 is 15.6. The maximum absolute atomic E-state index is 12.4. The molecule has 0 bridgehead atoms. The Hall–Kier alpha value is -2.42. The zero-order valence-electron chi connectivity index (χ0n) is 16.9. The molecule has 0 saturated carbocycles. The summed E-state index contributed by atoms with van der Waals surface area (Å²) in [6, 6.07) is 4.95. The highest BCUT2D eigenvalue weighted by atomic mass is 32.2. The predicted molar refractivity (Wildman–Crippen MR) is 108 cm³/mol. The predicted octanol–water partition coefficient (Wildman–Crippen LogP) is 1.36. The minimum absolute atomic E-state index is 0.0289. The van der Waals surface area contributed by atoms with Crippen LogP contribution in [0, 0.1) is 0 Å². The maximum atomic E-state index is 12.4. The van der Waals surface area contributed by atoms with Gasteiger partial charge < -0.3 is 24.4 Å². The minimum Gasteiger partial charge on any atom is -0.493 e. The van der Waals surface area contributed by atoms with E-state index in [1.165, 1.54) is 0 Å². The Bertz CT molecular complexity index is 801. The molecule has 2 amide bonds. The van der Waals surface area contributed by atoms with E-state index in [4.69, 9.17) is 14.2 Å². The van der Waals surface area contributed by atoms with E-state index in [9.17, 15) is 14.4 Å². The second-order valence-corrected chi connectivity index (χ2v) is 8.66. The number of amides is 2. The van der Waals surface area contributed by atoms with Crippen LogP contribution >= 0.6 is 11.8 Å². The molecular weight excluding hydrogens is 396 g/mol. The molecule has 29 heavy (non-hydrogen) atoms. The minimum atomic E-state index is -0.612. The van der Waals surface area contributed by atoms with Gasteiger partial charge in [0.15, 0.2) is 18.1 Å². The Kier molecular flexibility index (Phi) is 6.56. The van der Waals surface area contributed by atoms with E-state index in [1.807, 2.05) is 25.1 Å². The van der Waals surface area contributed by atoms with Gasteiger partial charge in [-0.2, -0.15) is 0 Å². The zero-order chi connectivity index (χ0) is 21.0. The van der Waals surface area contributed by atoms with E-state index >= 15 is 0 Å². The molecule has 158 valence electrons. The van der Waals surface area contributed by atoms with Crippen molar-refractivity contribution in [1.82, 2.24) is 10.2 Å². The fourth-order valence-corrected chi connectivity index (χ4v) is 5.08. The van der Waals surface area contributed by atoms with Crippen molar-refractivity contribution in [2.24, 2.45) is 0 Å². The van der Waals surface area contributed by atoms with Gasteiger partial charge in [-0.25, -0.2) is 4.79 Å². The fourth-order valence-electron chi connectivity index (χ4n) is 3.66. The Morgan fingerprint density at radius 1 is 1.28 bits per heavy atom. The van der Waals surface area contributed by atoms with Crippen molar-refractivity contribution < 1.29 is 28.6 Å². The molecule has 2 atom stereocenters. The lowest BCUT2D eigenvalue weighted by molar-refractivity contribution is -0.156. The highest BCUT2D eigenvalue weighted by Crippen LogP contribution is 2.47. The summed E-state index contributed by atoms with van der Waals surface area (Å²) in [5.41, 5.74) is 0.981. The summed E-state index contributed by atoms with van der Waals surface area (Å²) in [5.74, 6) is 0.848. The molecule has 0 aromatic heterocycles. The van der Waals surface area contributed by atoms with Gasteiger partial charge in [0.25, 0.3) is 5.91 Å². The van der Waals surface area contributed by atoms with Gasteiger partial charge in [-0.05, 0) is 37.5 Å². The van der Waals surface area contributed by atoms with Crippen LogP contribution in [0.4, 0.5) is 0 Å². The van der Waals surface area contributed by atoms with Crippen LogP contribution in [0.25, 0.3) is 0 Å². The number of ether oxygens (including phenoxy) is 3. The van der Waals surface area contributed by atoms with Gasteiger partial charge >= 0.3 is 5.97 Å². The zero-order valence-corrected chi connectivity index (χ0v) is 17.7. The van der Waals surface area contributed by atoms with Crippen molar-refractivity contribution in [2.45, 2.75) is 37.1 Å². The molecule has 2 aliphatic rings. The summed E-state index contributed by atoms with van der Waals surface area (Å²) in [6.07, 6.45) is 1.78. The number of hydrogen-bond acceptors (Lipinski definition) is 7. The molecule has 1 aromatic rings. The number of nitrogens with one attached hydrogen (secondary N) is 1. The van der Waals surface area contributed by atoms with Crippen molar-refractivity contribution in [3.8, 4) is 11.5 Å². The molecule has 0 radical (unpaired) electrons. The van der Waals surface area contributed by atoms with E-state index in [0.29, 0.717) is 36.6 Å². The van der Waals surface area contributed by atoms with Gasteiger partial charge in [-0.15, -0.1) is 11.8 Å². The van der Waals surface area contributed by atoms with Crippen LogP contribution in [0.5, 0.6) is 11.5 Å². The smallest absolute Gasteiger partial charge is 0.330 e. The molecule has 9 heteroatoms. The average Bonchev–Trinajstić information content (AvgIpc) is 3.21. The first-order valence-corrected chi connectivity index (χ1v) is 10.5. The van der Waals surface area contributed by atoms with Crippen LogP contribution in [0.3, 0.4) is 0 Å². The standard InChI is InChI=1S/C20H26N2O6S/c1-20-8-6-18(24)22(20)14(12-29-20)19(25)28-11-17(23)21-9-7-13-4-5-15(26-2)16(10-13)27-3/h4-5,10,14H,6-9,11-12H2,1-3H3,(H,21,23)/t14-,20+/m1/s1. The number of thioether (sulfide) groups is 1. The lowest BCUT2D eigenvalue weighted by Crippen LogP contribution is -2.47. The number of carbonyl (C=O) groups is 3. The van der Waals surface area contributed by atoms with Crippen LogP contribution in [0.2, 0.25) is 0 Å². The first kappa shape index (κ1) is 21.3. The number of fused-ring (bicyclic) bond motifs is 1. The third-order valence-corrected chi connectivity index (χ3v) is 6.75. The van der Waals surface area contributed by atoms with E-state index in [2.05, 4.69) is 5.32 Å². The number of benzene rings is 1. The van der Waals surface area contributed by atoms with Crippen LogP contribution in [-0.2, 0) is 25.5 Å². The lowest BCUT2D eigenvalue weighted by Gasteiger charge is -2.29. The number of hydrogen-bond donors (Lipinski definition) is 1. The molecule has 2 fully saturated rings. The average molecular weight is 423 g/mol. The SMILES string of the molecule is COc1ccc(CCNC(=O)COC(=O)[C@H]2CS[C@@]3(C)CCC(=O)N23)cc1OC. The normalized spacial score (nSPS) is 22.9. The molecule has 1 aromatic carbocycles. The van der Waals surface area contributed by atoms with Crippen LogP contribution in [-0.4, -0.2) is 66.7 Å². The molecular formula is C20H26N2O6S. The van der Waals surface area contributed by atoms with Crippen molar-refractivity contribution >= 4 is 29.5 Å². The number of rotatable bonds is 8. The second-order valence-electron chi connectivity index (χ2n) is 7.16. The van der Waals surface area contributed by atoms with Crippen LogP contribution in [0.15, 0.2) is 18.2 Å². The summed E-state index contributed by atoms with van der Waals surface area (Å²) in [4.78, 5) is 37.8. The first-order chi connectivity index (χ1) is 13.9. The molecule has 0 aliphatic carbocycles. The first-order valence-electron chi connectivity index (χ1n) is 9.48. The summed E-state index contributed by atoms with van der Waals surface area (Å²) >= 11 is 1.59. The largest absolute Gasteiger partial charge is 0.493 e. The van der Waals surface area contributed by atoms with Gasteiger partial charge in [0.05, 0.1) is 19.1 Å². The van der Waals surface area contributed by atoms with Crippen LogP contribution < -0.4 is 14.8 Å². The number of methoxy groups -OCH3 is 2. The summed E-state index contributed by atoms with van der Waals surface area (Å²) in [6.45, 7) is 2.01. The third kappa shape index (κ3) is 4.60. The van der Waals surface area contributed by atoms with E-state index in [1.54, 1.807) is 30.9 Å².